The lowest BCUT2D eigenvalue weighted by Gasteiger charge is -2.23. The number of nitrogens with two attached hydrogens (primary N) is 1. The van der Waals surface area contributed by atoms with E-state index in [0.29, 0.717) is 12.4 Å². The first-order valence-electron chi connectivity index (χ1n) is 11.4. The fraction of sp³-hybridized carbons (Fsp3) is 0.231. The van der Waals surface area contributed by atoms with Crippen LogP contribution in [0.15, 0.2) is 70.3 Å². The third-order valence-corrected chi connectivity index (χ3v) is 5.23. The average Bonchev–Trinajstić information content (AvgIpc) is 2.88. The van der Waals surface area contributed by atoms with Crippen molar-refractivity contribution in [3.63, 3.8) is 0 Å². The van der Waals surface area contributed by atoms with Crippen LogP contribution in [0, 0.1) is 0 Å². The van der Waals surface area contributed by atoms with Crippen molar-refractivity contribution in [2.24, 2.45) is 0 Å². The number of amides is 1. The van der Waals surface area contributed by atoms with Crippen LogP contribution in [0.3, 0.4) is 0 Å². The molecule has 1 heterocycles. The minimum Gasteiger partial charge on any atom is -0.494 e. The van der Waals surface area contributed by atoms with E-state index in [1.165, 1.54) is 10.6 Å². The highest BCUT2D eigenvalue weighted by Crippen LogP contribution is 2.18. The maximum absolute atomic E-state index is 12.8. The number of rotatable bonds is 10. The summed E-state index contributed by atoms with van der Waals surface area (Å²) in [4.78, 5) is 53.2. The summed E-state index contributed by atoms with van der Waals surface area (Å²) in [6.07, 6.45) is 2.74. The Morgan fingerprint density at radius 1 is 1.06 bits per heavy atom. The highest BCUT2D eigenvalue weighted by Gasteiger charge is 2.23. The molecule has 0 aliphatic carbocycles. The van der Waals surface area contributed by atoms with Crippen molar-refractivity contribution in [1.29, 1.82) is 0 Å². The number of nitrogens with zero attached hydrogens (tertiary/aromatic N) is 2. The van der Waals surface area contributed by atoms with Gasteiger partial charge in [0.2, 0.25) is 0 Å². The van der Waals surface area contributed by atoms with E-state index in [4.69, 9.17) is 15.2 Å². The predicted molar refractivity (Wildman–Crippen MR) is 137 cm³/mol. The third kappa shape index (κ3) is 6.50. The van der Waals surface area contributed by atoms with Crippen LogP contribution in [0.1, 0.15) is 25.0 Å². The maximum Gasteiger partial charge on any atom is 0.331 e. The molecular weight excluding hydrogens is 464 g/mol. The van der Waals surface area contributed by atoms with Gasteiger partial charge in [-0.2, -0.15) is 0 Å². The number of hydrogen-bond acceptors (Lipinski definition) is 7. The van der Waals surface area contributed by atoms with Crippen LogP contribution in [0.2, 0.25) is 0 Å². The van der Waals surface area contributed by atoms with Crippen molar-refractivity contribution in [1.82, 2.24) is 9.55 Å². The van der Waals surface area contributed by atoms with Crippen molar-refractivity contribution in [2.75, 3.05) is 30.4 Å². The molecule has 3 aromatic rings. The molecule has 0 unspecified atom stereocenters. The van der Waals surface area contributed by atoms with Gasteiger partial charge in [-0.1, -0.05) is 42.5 Å². The Morgan fingerprint density at radius 3 is 2.39 bits per heavy atom. The van der Waals surface area contributed by atoms with Crippen molar-refractivity contribution in [2.45, 2.75) is 20.4 Å². The van der Waals surface area contributed by atoms with Gasteiger partial charge in [-0.25, -0.2) is 9.59 Å². The summed E-state index contributed by atoms with van der Waals surface area (Å²) < 4.78 is 11.6. The van der Waals surface area contributed by atoms with Crippen LogP contribution in [0.5, 0.6) is 5.75 Å². The highest BCUT2D eigenvalue weighted by molar-refractivity contribution is 5.98. The summed E-state index contributed by atoms with van der Waals surface area (Å²) >= 11 is 0. The Hall–Kier alpha value is -4.60. The van der Waals surface area contributed by atoms with E-state index in [9.17, 15) is 19.2 Å². The average molecular weight is 493 g/mol. The van der Waals surface area contributed by atoms with Gasteiger partial charge in [0.15, 0.2) is 12.3 Å². The number of carbonyl (C=O) groups excluding carboxylic acids is 2. The van der Waals surface area contributed by atoms with Gasteiger partial charge in [0.05, 0.1) is 13.2 Å². The number of H-pyrrole nitrogens is 1. The molecule has 0 saturated carbocycles. The van der Waals surface area contributed by atoms with Crippen LogP contribution < -0.4 is 26.6 Å². The number of nitrogen functional groups attached to an aromatic ring is 1. The first kappa shape index (κ1) is 26.0. The summed E-state index contributed by atoms with van der Waals surface area (Å²) in [6, 6.07) is 16.2. The third-order valence-electron chi connectivity index (χ3n) is 5.23. The Balaban J connectivity index is 1.71. The van der Waals surface area contributed by atoms with E-state index in [1.807, 2.05) is 25.1 Å². The largest absolute Gasteiger partial charge is 0.494 e. The predicted octanol–water partition coefficient (Wildman–Crippen LogP) is 2.18. The molecule has 10 nitrogen and oxygen atoms in total. The molecule has 3 rings (SSSR count). The SMILES string of the molecule is CCOc1ccc(/C=C/C(=O)OCC(=O)N(CC)c2c(N)n(Cc3ccccc3)c(=O)[nH]c2=O)cc1. The fourth-order valence-corrected chi connectivity index (χ4v) is 3.49. The second-order valence-corrected chi connectivity index (χ2v) is 7.65. The standard InChI is InChI=1S/C26H28N4O6/c1-3-29(21(31)17-36-22(32)15-12-18-10-13-20(14-11-18)35-4-2)23-24(27)30(26(34)28-25(23)33)16-19-8-6-5-7-9-19/h5-15H,3-4,16-17,27H2,1-2H3,(H,28,33,34)/b15-12+. The van der Waals surface area contributed by atoms with Gasteiger partial charge in [0.25, 0.3) is 11.5 Å². The Kier molecular flexibility index (Phi) is 8.82. The van der Waals surface area contributed by atoms with Crippen LogP contribution in [0.4, 0.5) is 11.5 Å². The van der Waals surface area contributed by atoms with Crippen LogP contribution >= 0.6 is 0 Å². The van der Waals surface area contributed by atoms with Gasteiger partial charge in [0.1, 0.15) is 11.6 Å². The monoisotopic (exact) mass is 492 g/mol. The van der Waals surface area contributed by atoms with Crippen molar-refractivity contribution >= 4 is 29.5 Å². The second-order valence-electron chi connectivity index (χ2n) is 7.65. The molecule has 10 heteroatoms. The van der Waals surface area contributed by atoms with E-state index in [-0.39, 0.29) is 24.6 Å². The molecule has 0 fully saturated rings. The van der Waals surface area contributed by atoms with Gasteiger partial charge >= 0.3 is 11.7 Å². The number of likely N-dealkylation sites (N-methyl/N-ethyl adjacent to an activating group) is 1. The lowest BCUT2D eigenvalue weighted by Crippen LogP contribution is -2.42. The molecule has 1 amide bonds. The normalized spacial score (nSPS) is 10.8. The molecule has 3 N–H and O–H groups in total. The van der Waals surface area contributed by atoms with Gasteiger partial charge in [-0.3, -0.25) is 19.1 Å². The number of aromatic nitrogens is 2. The molecule has 0 aliphatic heterocycles. The first-order chi connectivity index (χ1) is 17.3. The van der Waals surface area contributed by atoms with Crippen molar-refractivity contribution in [3.05, 3.63) is 92.6 Å². The van der Waals surface area contributed by atoms with E-state index >= 15 is 0 Å². The topological polar surface area (TPSA) is 137 Å². The smallest absolute Gasteiger partial charge is 0.331 e. The first-order valence-corrected chi connectivity index (χ1v) is 11.4. The molecular formula is C26H28N4O6. The van der Waals surface area contributed by atoms with Crippen LogP contribution in [0.25, 0.3) is 6.08 Å². The molecule has 0 bridgehead atoms. The minimum absolute atomic E-state index is 0.0647. The summed E-state index contributed by atoms with van der Waals surface area (Å²) in [5.74, 6) is -0.844. The summed E-state index contributed by atoms with van der Waals surface area (Å²) in [5.41, 5.74) is 6.01. The van der Waals surface area contributed by atoms with Gasteiger partial charge in [0, 0.05) is 12.6 Å². The summed E-state index contributed by atoms with van der Waals surface area (Å²) in [7, 11) is 0. The van der Waals surface area contributed by atoms with Gasteiger partial charge < -0.3 is 20.1 Å². The van der Waals surface area contributed by atoms with Gasteiger partial charge in [-0.15, -0.1) is 0 Å². The van der Waals surface area contributed by atoms with Gasteiger partial charge in [-0.05, 0) is 43.2 Å². The number of esters is 1. The number of benzene rings is 2. The lowest BCUT2D eigenvalue weighted by atomic mass is 10.2. The fourth-order valence-electron chi connectivity index (χ4n) is 3.49. The molecule has 36 heavy (non-hydrogen) atoms. The molecule has 0 radical (unpaired) electrons. The molecule has 1 aromatic heterocycles. The molecule has 0 saturated heterocycles. The highest BCUT2D eigenvalue weighted by atomic mass is 16.5. The van der Waals surface area contributed by atoms with E-state index in [1.54, 1.807) is 49.4 Å². The second kappa shape index (κ2) is 12.2. The zero-order valence-corrected chi connectivity index (χ0v) is 20.1. The van der Waals surface area contributed by atoms with E-state index in [2.05, 4.69) is 4.98 Å². The number of aromatic amines is 1. The summed E-state index contributed by atoms with van der Waals surface area (Å²) in [5, 5.41) is 0. The Bertz CT molecular complexity index is 1340. The number of ether oxygens (including phenoxy) is 2. The molecule has 2 aromatic carbocycles. The minimum atomic E-state index is -0.807. The Labute approximate surface area is 207 Å². The number of carbonyl (C=O) groups is 2. The maximum atomic E-state index is 12.8. The zero-order valence-electron chi connectivity index (χ0n) is 20.1. The Morgan fingerprint density at radius 2 is 1.75 bits per heavy atom. The molecule has 0 aliphatic rings. The van der Waals surface area contributed by atoms with Crippen molar-refractivity contribution < 1.29 is 19.1 Å². The number of nitrogens with one attached hydrogen (secondary N) is 1. The summed E-state index contributed by atoms with van der Waals surface area (Å²) in [6.45, 7) is 3.63. The molecule has 0 spiro atoms. The van der Waals surface area contributed by atoms with Crippen LogP contribution in [-0.2, 0) is 20.9 Å². The van der Waals surface area contributed by atoms with Crippen LogP contribution in [-0.4, -0.2) is 41.2 Å². The number of anilines is 2. The number of hydrogen-bond donors (Lipinski definition) is 2. The lowest BCUT2D eigenvalue weighted by molar-refractivity contribution is -0.142. The van der Waals surface area contributed by atoms with E-state index < -0.39 is 29.7 Å². The van der Waals surface area contributed by atoms with Crippen molar-refractivity contribution in [3.8, 4) is 5.75 Å². The van der Waals surface area contributed by atoms with E-state index in [0.717, 1.165) is 16.0 Å². The zero-order chi connectivity index (χ0) is 26.1. The molecule has 0 atom stereocenters. The molecule has 188 valence electrons. The quantitative estimate of drug-likeness (QED) is 0.327.